The zero-order chi connectivity index (χ0) is 22.9. The van der Waals surface area contributed by atoms with E-state index in [0.29, 0.717) is 36.5 Å². The zero-order valence-electron chi connectivity index (χ0n) is 19.1. The first kappa shape index (κ1) is 22.4. The van der Waals surface area contributed by atoms with E-state index in [1.807, 2.05) is 10.8 Å². The van der Waals surface area contributed by atoms with E-state index in [1.54, 1.807) is 12.5 Å². The summed E-state index contributed by atoms with van der Waals surface area (Å²) in [6.45, 7) is 4.87. The van der Waals surface area contributed by atoms with Gasteiger partial charge in [-0.05, 0) is 92.3 Å². The Balaban J connectivity index is 1.34. The average Bonchev–Trinajstić information content (AvgIpc) is 3.34. The van der Waals surface area contributed by atoms with Crippen LogP contribution >= 0.6 is 0 Å². The number of nitrogens with zero attached hydrogens (tertiary/aromatic N) is 2. The van der Waals surface area contributed by atoms with Crippen molar-refractivity contribution in [2.75, 3.05) is 0 Å². The normalized spacial score (nSPS) is 46.2. The van der Waals surface area contributed by atoms with E-state index in [-0.39, 0.29) is 35.5 Å². The van der Waals surface area contributed by atoms with Crippen LogP contribution in [0.15, 0.2) is 18.7 Å². The molecule has 0 spiro atoms. The van der Waals surface area contributed by atoms with Crippen molar-refractivity contribution in [1.82, 2.24) is 9.55 Å². The van der Waals surface area contributed by atoms with Gasteiger partial charge in [-0.15, -0.1) is 0 Å². The van der Waals surface area contributed by atoms with Gasteiger partial charge in [-0.25, -0.2) is 4.98 Å². The fourth-order valence-corrected chi connectivity index (χ4v) is 8.70. The van der Waals surface area contributed by atoms with Gasteiger partial charge in [0.1, 0.15) is 0 Å². The van der Waals surface area contributed by atoms with Gasteiger partial charge < -0.3 is 9.67 Å². The summed E-state index contributed by atoms with van der Waals surface area (Å²) in [7, 11) is 0. The highest BCUT2D eigenvalue weighted by atomic mass is 19.4. The van der Waals surface area contributed by atoms with Crippen LogP contribution < -0.4 is 0 Å². The molecule has 1 heterocycles. The molecule has 4 aliphatic rings. The molecule has 7 heteroatoms. The molecule has 1 N–H and O–H groups in total. The minimum absolute atomic E-state index is 0.0105. The lowest BCUT2D eigenvalue weighted by Gasteiger charge is -2.62. The minimum Gasteiger partial charge on any atom is -0.380 e. The van der Waals surface area contributed by atoms with Crippen LogP contribution in [0.5, 0.6) is 0 Å². The van der Waals surface area contributed by atoms with Crippen LogP contribution in [-0.2, 0) is 11.3 Å². The van der Waals surface area contributed by atoms with Crippen molar-refractivity contribution in [3.63, 3.8) is 0 Å². The van der Waals surface area contributed by atoms with E-state index in [1.165, 1.54) is 0 Å². The number of carbonyl (C=O) groups is 1. The van der Waals surface area contributed by atoms with Gasteiger partial charge in [0, 0.05) is 18.3 Å². The van der Waals surface area contributed by atoms with Gasteiger partial charge in [-0.2, -0.15) is 13.2 Å². The fraction of sp³-hybridized carbons (Fsp3) is 0.840. The molecule has 5 rings (SSSR count). The molecule has 4 aliphatic carbocycles. The largest absolute Gasteiger partial charge is 0.417 e. The van der Waals surface area contributed by atoms with E-state index in [4.69, 9.17) is 0 Å². The molecular formula is C25H35F3N2O2. The Labute approximate surface area is 188 Å². The van der Waals surface area contributed by atoms with Gasteiger partial charge in [-0.3, -0.25) is 4.79 Å². The first-order valence-electron chi connectivity index (χ1n) is 12.3. The molecule has 0 saturated heterocycles. The summed E-state index contributed by atoms with van der Waals surface area (Å²) < 4.78 is 42.5. The van der Waals surface area contributed by atoms with Crippen LogP contribution in [0, 0.1) is 40.4 Å². The Morgan fingerprint density at radius 1 is 1.06 bits per heavy atom. The Hall–Kier alpha value is -1.37. The molecule has 0 radical (unpaired) electrons. The lowest BCUT2D eigenvalue weighted by atomic mass is 9.43. The van der Waals surface area contributed by atoms with Crippen LogP contribution in [0.1, 0.15) is 71.6 Å². The standard InChI is InChI=1S/C25H35F3N2O2/c1-22-9-10-24(32,25(26,27)28)13-16(22)3-4-17-18-5-6-20(23(18,2)8-7-19(17)22)21(31)14-30-12-11-29-15-30/h11-12,15-20,32H,3-10,13-14H2,1-2H3/t16-,17?,18?,19?,20?,22+,23+,24+/m1/s1. The molecule has 1 aromatic rings. The number of rotatable bonds is 3. The average molecular weight is 453 g/mol. The number of hydrogen-bond donors (Lipinski definition) is 1. The third-order valence-corrected chi connectivity index (χ3v) is 10.5. The number of halogens is 3. The highest BCUT2D eigenvalue weighted by Gasteiger charge is 2.65. The van der Waals surface area contributed by atoms with E-state index < -0.39 is 11.8 Å². The third kappa shape index (κ3) is 3.20. The number of fused-ring (bicyclic) bond motifs is 5. The first-order chi connectivity index (χ1) is 15.0. The molecule has 0 bridgehead atoms. The van der Waals surface area contributed by atoms with Crippen molar-refractivity contribution in [3.8, 4) is 0 Å². The van der Waals surface area contributed by atoms with Crippen molar-refractivity contribution >= 4 is 5.78 Å². The monoisotopic (exact) mass is 452 g/mol. The van der Waals surface area contributed by atoms with Crippen LogP contribution in [0.2, 0.25) is 0 Å². The number of aromatic nitrogens is 2. The number of hydrogen-bond acceptors (Lipinski definition) is 3. The minimum atomic E-state index is -4.55. The van der Waals surface area contributed by atoms with Crippen molar-refractivity contribution in [1.29, 1.82) is 0 Å². The summed E-state index contributed by atoms with van der Waals surface area (Å²) in [6.07, 6.45) is 6.41. The molecule has 0 aliphatic heterocycles. The molecule has 0 amide bonds. The lowest BCUT2D eigenvalue weighted by molar-refractivity contribution is -0.290. The Bertz CT molecular complexity index is 871. The maximum atomic E-state index is 13.5. The Kier molecular flexibility index (Phi) is 5.12. The van der Waals surface area contributed by atoms with E-state index >= 15 is 0 Å². The van der Waals surface area contributed by atoms with Gasteiger partial charge in [0.2, 0.25) is 0 Å². The number of Topliss-reactive ketones (excluding diaryl/α,β-unsaturated/α-hetero) is 1. The molecule has 8 atom stereocenters. The summed E-state index contributed by atoms with van der Waals surface area (Å²) in [5.74, 6) is 1.63. The molecule has 1 aromatic heterocycles. The fourth-order valence-electron chi connectivity index (χ4n) is 8.70. The molecule has 4 fully saturated rings. The highest BCUT2D eigenvalue weighted by Crippen LogP contribution is 2.68. The summed E-state index contributed by atoms with van der Waals surface area (Å²) in [5.41, 5.74) is -2.67. The summed E-state index contributed by atoms with van der Waals surface area (Å²) in [4.78, 5) is 17.3. The molecule has 32 heavy (non-hydrogen) atoms. The molecule has 4 saturated carbocycles. The van der Waals surface area contributed by atoms with E-state index in [9.17, 15) is 23.1 Å². The Morgan fingerprint density at radius 3 is 2.50 bits per heavy atom. The quantitative estimate of drug-likeness (QED) is 0.668. The molecule has 4 unspecified atom stereocenters. The predicted octanol–water partition coefficient (Wildman–Crippen LogP) is 5.40. The summed E-state index contributed by atoms with van der Waals surface area (Å²) in [6, 6.07) is 0. The topological polar surface area (TPSA) is 55.1 Å². The van der Waals surface area contributed by atoms with Gasteiger partial charge in [0.05, 0.1) is 12.9 Å². The number of aliphatic hydroxyl groups is 1. The van der Waals surface area contributed by atoms with E-state index in [0.717, 1.165) is 38.5 Å². The second-order valence-corrected chi connectivity index (χ2v) is 11.8. The summed E-state index contributed by atoms with van der Waals surface area (Å²) >= 11 is 0. The molecular weight excluding hydrogens is 417 g/mol. The van der Waals surface area contributed by atoms with Crippen LogP contribution in [0.3, 0.4) is 0 Å². The van der Waals surface area contributed by atoms with Crippen molar-refractivity contribution < 1.29 is 23.1 Å². The van der Waals surface area contributed by atoms with Crippen LogP contribution in [0.25, 0.3) is 0 Å². The van der Waals surface area contributed by atoms with Crippen LogP contribution in [-0.4, -0.2) is 32.2 Å². The maximum Gasteiger partial charge on any atom is 0.417 e. The van der Waals surface area contributed by atoms with Crippen molar-refractivity contribution in [2.24, 2.45) is 40.4 Å². The molecule has 4 nitrogen and oxygen atoms in total. The van der Waals surface area contributed by atoms with Gasteiger partial charge in [-0.1, -0.05) is 13.8 Å². The highest BCUT2D eigenvalue weighted by molar-refractivity contribution is 5.82. The maximum absolute atomic E-state index is 13.5. The lowest BCUT2D eigenvalue weighted by Crippen LogP contribution is -2.59. The number of imidazole rings is 1. The number of alkyl halides is 3. The smallest absolute Gasteiger partial charge is 0.380 e. The number of carbonyl (C=O) groups excluding carboxylic acids is 1. The second-order valence-electron chi connectivity index (χ2n) is 11.8. The molecule has 0 aromatic carbocycles. The SMILES string of the molecule is C[C@]12CCC3C(CC[C@@H]4C[C@](O)(C(F)(F)F)CC[C@]34C)C1CCC2C(=O)Cn1ccnc1. The van der Waals surface area contributed by atoms with Gasteiger partial charge in [0.15, 0.2) is 11.4 Å². The number of ketones is 1. The molecule has 178 valence electrons. The van der Waals surface area contributed by atoms with Crippen molar-refractivity contribution in [3.05, 3.63) is 18.7 Å². The summed E-state index contributed by atoms with van der Waals surface area (Å²) in [5, 5.41) is 10.4. The van der Waals surface area contributed by atoms with Crippen molar-refractivity contribution in [2.45, 2.75) is 90.0 Å². The van der Waals surface area contributed by atoms with Gasteiger partial charge in [0.25, 0.3) is 0 Å². The predicted molar refractivity (Wildman–Crippen MR) is 113 cm³/mol. The van der Waals surface area contributed by atoms with Gasteiger partial charge >= 0.3 is 6.18 Å². The zero-order valence-corrected chi connectivity index (χ0v) is 19.1. The van der Waals surface area contributed by atoms with E-state index in [2.05, 4.69) is 18.8 Å². The third-order valence-electron chi connectivity index (χ3n) is 10.5. The Morgan fingerprint density at radius 2 is 1.81 bits per heavy atom. The second kappa shape index (κ2) is 7.31. The van der Waals surface area contributed by atoms with Crippen LogP contribution in [0.4, 0.5) is 13.2 Å². The first-order valence-corrected chi connectivity index (χ1v) is 12.3.